The van der Waals surface area contributed by atoms with Crippen molar-refractivity contribution in [3.05, 3.63) is 0 Å². The fourth-order valence-corrected chi connectivity index (χ4v) is 0. The van der Waals surface area contributed by atoms with Crippen molar-refractivity contribution in [1.82, 2.24) is 0 Å². The van der Waals surface area contributed by atoms with E-state index in [0.717, 1.165) is 0 Å². The number of nitrogens with zero attached hydrogens (tertiary/aromatic N) is 1. The van der Waals surface area contributed by atoms with Crippen molar-refractivity contribution in [3.63, 3.8) is 0 Å². The second-order valence-corrected chi connectivity index (χ2v) is 1.36. The Morgan fingerprint density at radius 3 is 1.22 bits per heavy atom. The minimum atomic E-state index is -4.94. The zero-order valence-electron chi connectivity index (χ0n) is 4.26. The molecule has 0 rings (SSSR count). The Bertz CT molecular complexity index is 79.5. The van der Waals surface area contributed by atoms with Gasteiger partial charge in [-0.3, -0.25) is 0 Å². The topological polar surface area (TPSA) is 116 Å². The van der Waals surface area contributed by atoms with Crippen LogP contribution >= 0.6 is 0 Å². The Hall–Kier alpha value is 0.360. The number of halogens is 1. The number of hydrogen-bond acceptors (Lipinski definition) is 5. The molecule has 0 aliphatic carbocycles. The summed E-state index contributed by atoms with van der Waals surface area (Å²) in [7, 11) is -4.94. The predicted molar refractivity (Wildman–Crippen MR) is 11.3 cm³/mol. The number of hydrogen-bond donors (Lipinski definition) is 0. The third kappa shape index (κ3) is 2610. The van der Waals surface area contributed by atoms with Crippen LogP contribution in [-0.2, 0) is 22.4 Å². The second kappa shape index (κ2) is 8.36. The van der Waals surface area contributed by atoms with Crippen LogP contribution in [0.15, 0.2) is 0 Å². The van der Waals surface area contributed by atoms with Crippen LogP contribution in [0.4, 0.5) is 0 Å². The molecule has 7 heteroatoms. The van der Waals surface area contributed by atoms with Gasteiger partial charge in [-0.1, -0.05) is 0 Å². The van der Waals surface area contributed by atoms with Gasteiger partial charge in [-0.25, -0.2) is 18.6 Å². The molecular formula is C2H3AgClNO4. The molecular weight excluding hydrogens is 245 g/mol. The first kappa shape index (κ1) is 16.2. The van der Waals surface area contributed by atoms with Crippen LogP contribution in [0.1, 0.15) is 6.92 Å². The van der Waals surface area contributed by atoms with Gasteiger partial charge in [0, 0.05) is 6.92 Å². The molecule has 0 saturated heterocycles. The van der Waals surface area contributed by atoms with Crippen molar-refractivity contribution < 1.29 is 51.3 Å². The molecule has 0 heterocycles. The summed E-state index contributed by atoms with van der Waals surface area (Å²) in [5, 5.41) is 7.32. The van der Waals surface area contributed by atoms with Gasteiger partial charge >= 0.3 is 22.4 Å². The fraction of sp³-hybridized carbons (Fsp3) is 0.500. The van der Waals surface area contributed by atoms with Gasteiger partial charge < -0.3 is 0 Å². The third-order valence-electron chi connectivity index (χ3n) is 0. The Morgan fingerprint density at radius 2 is 1.22 bits per heavy atom. The molecule has 58 valence electrons. The van der Waals surface area contributed by atoms with Crippen LogP contribution in [0.2, 0.25) is 0 Å². The van der Waals surface area contributed by atoms with Crippen molar-refractivity contribution >= 4 is 0 Å². The molecule has 0 aromatic rings. The molecule has 0 radical (unpaired) electrons. The van der Waals surface area contributed by atoms with Gasteiger partial charge in [-0.15, -0.1) is 10.2 Å². The van der Waals surface area contributed by atoms with Crippen LogP contribution < -0.4 is 18.6 Å². The summed E-state index contributed by atoms with van der Waals surface area (Å²) in [4.78, 5) is 0. The van der Waals surface area contributed by atoms with E-state index >= 15 is 0 Å². The third-order valence-corrected chi connectivity index (χ3v) is 0. The Kier molecular flexibility index (Phi) is 15.0. The largest absolute Gasteiger partial charge is 1.00 e. The van der Waals surface area contributed by atoms with E-state index in [2.05, 4.69) is 0 Å². The smallest absolute Gasteiger partial charge is 0.222 e. The van der Waals surface area contributed by atoms with Gasteiger partial charge in [0.2, 0.25) is 0 Å². The maximum absolute atomic E-state index is 8.49. The van der Waals surface area contributed by atoms with Crippen LogP contribution in [-0.4, -0.2) is 0 Å². The zero-order valence-corrected chi connectivity index (χ0v) is 6.50. The normalized spacial score (nSPS) is 7.56. The molecule has 0 aromatic heterocycles. The van der Waals surface area contributed by atoms with E-state index in [1.807, 2.05) is 0 Å². The molecule has 0 spiro atoms. The molecule has 0 N–H and O–H groups in total. The summed E-state index contributed by atoms with van der Waals surface area (Å²) < 4.78 is 34.0. The average Bonchev–Trinajstić information content (AvgIpc) is 1.27. The van der Waals surface area contributed by atoms with E-state index in [1.165, 1.54) is 6.92 Å². The van der Waals surface area contributed by atoms with Gasteiger partial charge in [-0.2, -0.15) is 5.26 Å². The van der Waals surface area contributed by atoms with E-state index in [0.29, 0.717) is 0 Å². The van der Waals surface area contributed by atoms with E-state index in [4.69, 9.17) is 23.9 Å². The quantitative estimate of drug-likeness (QED) is 0.403. The minimum Gasteiger partial charge on any atom is -0.222 e. The molecule has 0 aromatic carbocycles. The van der Waals surface area contributed by atoms with E-state index in [-0.39, 0.29) is 22.4 Å². The molecule has 0 bridgehead atoms. The maximum Gasteiger partial charge on any atom is 1.00 e. The first-order valence-electron chi connectivity index (χ1n) is 1.34. The molecule has 0 aliphatic rings. The minimum absolute atomic E-state index is 0. The second-order valence-electron chi connectivity index (χ2n) is 0.602. The van der Waals surface area contributed by atoms with Crippen molar-refractivity contribution in [1.29, 1.82) is 5.26 Å². The molecule has 0 unspecified atom stereocenters. The zero-order chi connectivity index (χ0) is 7.21. The Labute approximate surface area is 69.8 Å². The summed E-state index contributed by atoms with van der Waals surface area (Å²) in [6.45, 7) is 1.43. The van der Waals surface area contributed by atoms with E-state index in [9.17, 15) is 0 Å². The monoisotopic (exact) mass is 247 g/mol. The SMILES string of the molecule is CC#N.[Ag+].[O-][Cl+3]([O-])([O-])[O-]. The van der Waals surface area contributed by atoms with Gasteiger partial charge in [0.25, 0.3) is 0 Å². The first-order chi connectivity index (χ1) is 3.41. The Morgan fingerprint density at radius 1 is 1.22 bits per heavy atom. The van der Waals surface area contributed by atoms with Gasteiger partial charge in [-0.05, 0) is 0 Å². The molecule has 0 aliphatic heterocycles. The number of nitriles is 1. The predicted octanol–water partition coefficient (Wildman–Crippen LogP) is -4.23. The van der Waals surface area contributed by atoms with Crippen LogP contribution in [0, 0.1) is 21.6 Å². The van der Waals surface area contributed by atoms with Crippen LogP contribution in [0.5, 0.6) is 0 Å². The van der Waals surface area contributed by atoms with E-state index < -0.39 is 10.2 Å². The van der Waals surface area contributed by atoms with Crippen molar-refractivity contribution in [3.8, 4) is 6.07 Å². The van der Waals surface area contributed by atoms with Gasteiger partial charge in [0.15, 0.2) is 0 Å². The molecule has 0 atom stereocenters. The molecule has 0 saturated carbocycles. The summed E-state index contributed by atoms with van der Waals surface area (Å²) in [5.41, 5.74) is 0. The summed E-state index contributed by atoms with van der Waals surface area (Å²) in [6, 6.07) is 1.75. The number of rotatable bonds is 0. The van der Waals surface area contributed by atoms with Crippen molar-refractivity contribution in [2.24, 2.45) is 0 Å². The van der Waals surface area contributed by atoms with Crippen LogP contribution in [0.25, 0.3) is 0 Å². The maximum atomic E-state index is 8.49. The molecule has 0 amide bonds. The summed E-state index contributed by atoms with van der Waals surface area (Å²) in [5.74, 6) is 0. The van der Waals surface area contributed by atoms with Gasteiger partial charge in [0.1, 0.15) is 0 Å². The standard InChI is InChI=1S/C2H3N.Ag.ClHO4/c1-2-3;;2-1(3,4)5/h1H3;;(H,2,3,4,5)/q;+1;/p-1. The molecule has 5 nitrogen and oxygen atoms in total. The van der Waals surface area contributed by atoms with E-state index in [1.54, 1.807) is 6.07 Å². The van der Waals surface area contributed by atoms with Crippen molar-refractivity contribution in [2.75, 3.05) is 0 Å². The summed E-state index contributed by atoms with van der Waals surface area (Å²) in [6.07, 6.45) is 0. The van der Waals surface area contributed by atoms with Gasteiger partial charge in [0.05, 0.1) is 6.07 Å². The summed E-state index contributed by atoms with van der Waals surface area (Å²) >= 11 is 0. The average molecular weight is 248 g/mol. The fourth-order valence-electron chi connectivity index (χ4n) is 0. The van der Waals surface area contributed by atoms with Crippen LogP contribution in [0.3, 0.4) is 0 Å². The Balaban J connectivity index is -0.0000000800. The molecule has 9 heavy (non-hydrogen) atoms. The first-order valence-corrected chi connectivity index (χ1v) is 2.58. The molecule has 0 fully saturated rings. The van der Waals surface area contributed by atoms with Crippen molar-refractivity contribution in [2.45, 2.75) is 6.92 Å².